The second-order valence-corrected chi connectivity index (χ2v) is 3.89. The third kappa shape index (κ3) is 1.57. The molecule has 1 aromatic heterocycles. The summed E-state index contributed by atoms with van der Waals surface area (Å²) in [4.78, 5) is 0. The molecule has 13 heavy (non-hydrogen) atoms. The van der Waals surface area contributed by atoms with Gasteiger partial charge in [0.1, 0.15) is 5.82 Å². The zero-order chi connectivity index (χ0) is 9.26. The fourth-order valence-electron chi connectivity index (χ4n) is 1.38. The third-order valence-corrected chi connectivity index (χ3v) is 2.91. The van der Waals surface area contributed by atoms with E-state index in [0.29, 0.717) is 18.5 Å². The molecule has 3 heteroatoms. The van der Waals surface area contributed by atoms with E-state index < -0.39 is 0 Å². The van der Waals surface area contributed by atoms with Crippen molar-refractivity contribution < 1.29 is 4.39 Å². The zero-order valence-corrected chi connectivity index (χ0v) is 7.90. The summed E-state index contributed by atoms with van der Waals surface area (Å²) < 4.78 is 14.3. The van der Waals surface area contributed by atoms with E-state index in [2.05, 4.69) is 0 Å². The molecule has 1 nitrogen and oxygen atoms in total. The van der Waals surface area contributed by atoms with Crippen LogP contribution in [-0.2, 0) is 6.42 Å². The second kappa shape index (κ2) is 3.44. The molecule has 1 heterocycles. The summed E-state index contributed by atoms with van der Waals surface area (Å²) in [7, 11) is 0. The molecule has 2 aromatic rings. The molecule has 0 aliphatic heterocycles. The normalized spacial score (nSPS) is 10.9. The van der Waals surface area contributed by atoms with Gasteiger partial charge in [-0.05, 0) is 47.5 Å². The van der Waals surface area contributed by atoms with Crippen LogP contribution in [0.15, 0.2) is 23.6 Å². The Morgan fingerprint density at radius 2 is 2.23 bits per heavy atom. The highest BCUT2D eigenvalue weighted by molar-refractivity contribution is 7.17. The molecule has 0 aliphatic rings. The van der Waals surface area contributed by atoms with E-state index in [4.69, 9.17) is 5.73 Å². The largest absolute Gasteiger partial charge is 0.330 e. The second-order valence-electron chi connectivity index (χ2n) is 2.94. The van der Waals surface area contributed by atoms with Crippen LogP contribution in [0.4, 0.5) is 4.39 Å². The van der Waals surface area contributed by atoms with Crippen molar-refractivity contribution in [1.82, 2.24) is 0 Å². The van der Waals surface area contributed by atoms with Crippen molar-refractivity contribution >= 4 is 21.4 Å². The van der Waals surface area contributed by atoms with E-state index >= 15 is 0 Å². The number of halogens is 1. The van der Waals surface area contributed by atoms with Crippen LogP contribution in [0, 0.1) is 5.82 Å². The molecule has 0 amide bonds. The van der Waals surface area contributed by atoms with E-state index in [1.165, 1.54) is 0 Å². The van der Waals surface area contributed by atoms with Gasteiger partial charge in [0.2, 0.25) is 0 Å². The minimum absolute atomic E-state index is 0.139. The predicted molar refractivity (Wildman–Crippen MR) is 54.5 cm³/mol. The number of hydrogen-bond acceptors (Lipinski definition) is 2. The fourth-order valence-corrected chi connectivity index (χ4v) is 2.17. The smallest absolute Gasteiger partial charge is 0.127 e. The SMILES string of the molecule is NCCc1cc2ccsc2cc1F. The molecular weight excluding hydrogens is 185 g/mol. The first kappa shape index (κ1) is 8.66. The third-order valence-electron chi connectivity index (χ3n) is 2.04. The molecule has 0 aliphatic carbocycles. The Morgan fingerprint density at radius 1 is 1.38 bits per heavy atom. The van der Waals surface area contributed by atoms with Gasteiger partial charge in [-0.2, -0.15) is 0 Å². The van der Waals surface area contributed by atoms with E-state index in [0.717, 1.165) is 10.1 Å². The Balaban J connectivity index is 2.56. The standard InChI is InChI=1S/C10H10FNS/c11-9-6-10-8(2-4-13-10)5-7(9)1-3-12/h2,4-6H,1,3,12H2. The van der Waals surface area contributed by atoms with Gasteiger partial charge in [0, 0.05) is 4.70 Å². The molecule has 0 radical (unpaired) electrons. The Morgan fingerprint density at radius 3 is 3.00 bits per heavy atom. The summed E-state index contributed by atoms with van der Waals surface area (Å²) in [6, 6.07) is 5.47. The minimum atomic E-state index is -0.139. The maximum atomic E-state index is 13.3. The van der Waals surface area contributed by atoms with Gasteiger partial charge in [0.05, 0.1) is 0 Å². The maximum absolute atomic E-state index is 13.3. The van der Waals surface area contributed by atoms with Crippen molar-refractivity contribution in [1.29, 1.82) is 0 Å². The molecule has 0 bridgehead atoms. The van der Waals surface area contributed by atoms with E-state index in [-0.39, 0.29) is 5.82 Å². The van der Waals surface area contributed by atoms with Gasteiger partial charge in [-0.25, -0.2) is 4.39 Å². The van der Waals surface area contributed by atoms with Gasteiger partial charge in [-0.15, -0.1) is 11.3 Å². The molecule has 0 saturated carbocycles. The summed E-state index contributed by atoms with van der Waals surface area (Å²) >= 11 is 1.56. The van der Waals surface area contributed by atoms with Gasteiger partial charge in [-0.3, -0.25) is 0 Å². The van der Waals surface area contributed by atoms with Crippen molar-refractivity contribution in [3.63, 3.8) is 0 Å². The number of rotatable bonds is 2. The minimum Gasteiger partial charge on any atom is -0.330 e. The first-order chi connectivity index (χ1) is 6.31. The molecule has 0 saturated heterocycles. The van der Waals surface area contributed by atoms with Crippen LogP contribution in [0.25, 0.3) is 10.1 Å². The van der Waals surface area contributed by atoms with Crippen molar-refractivity contribution in [2.45, 2.75) is 6.42 Å². The Hall–Kier alpha value is -0.930. The molecule has 0 fully saturated rings. The van der Waals surface area contributed by atoms with Crippen LogP contribution in [0.1, 0.15) is 5.56 Å². The van der Waals surface area contributed by atoms with Crippen LogP contribution in [-0.4, -0.2) is 6.54 Å². The Labute approximate surface area is 80.0 Å². The van der Waals surface area contributed by atoms with Crippen molar-refractivity contribution in [3.05, 3.63) is 35.0 Å². The quantitative estimate of drug-likeness (QED) is 0.783. The van der Waals surface area contributed by atoms with E-state index in [1.54, 1.807) is 17.4 Å². The molecule has 0 spiro atoms. The van der Waals surface area contributed by atoms with Gasteiger partial charge in [0.25, 0.3) is 0 Å². The van der Waals surface area contributed by atoms with Crippen LogP contribution in [0.5, 0.6) is 0 Å². The number of hydrogen-bond donors (Lipinski definition) is 1. The molecule has 68 valence electrons. The molecule has 1 aromatic carbocycles. The lowest BCUT2D eigenvalue weighted by Gasteiger charge is -2.00. The average molecular weight is 195 g/mol. The first-order valence-corrected chi connectivity index (χ1v) is 5.05. The number of nitrogens with two attached hydrogens (primary N) is 1. The summed E-state index contributed by atoms with van der Waals surface area (Å²) in [5.41, 5.74) is 6.10. The average Bonchev–Trinajstić information content (AvgIpc) is 2.52. The van der Waals surface area contributed by atoms with Crippen molar-refractivity contribution in [2.24, 2.45) is 5.73 Å². The topological polar surface area (TPSA) is 26.0 Å². The molecule has 0 unspecified atom stereocenters. The Kier molecular flexibility index (Phi) is 2.29. The summed E-state index contributed by atoms with van der Waals surface area (Å²) in [5.74, 6) is -0.139. The van der Waals surface area contributed by atoms with E-state index in [9.17, 15) is 4.39 Å². The van der Waals surface area contributed by atoms with Crippen molar-refractivity contribution in [3.8, 4) is 0 Å². The number of thiophene rings is 1. The highest BCUT2D eigenvalue weighted by atomic mass is 32.1. The predicted octanol–water partition coefficient (Wildman–Crippen LogP) is 2.54. The van der Waals surface area contributed by atoms with Crippen LogP contribution in [0.2, 0.25) is 0 Å². The van der Waals surface area contributed by atoms with E-state index in [1.807, 2.05) is 17.5 Å². The van der Waals surface area contributed by atoms with Gasteiger partial charge >= 0.3 is 0 Å². The lowest BCUT2D eigenvalue weighted by atomic mass is 10.1. The number of fused-ring (bicyclic) bond motifs is 1. The molecule has 2 N–H and O–H groups in total. The van der Waals surface area contributed by atoms with Crippen molar-refractivity contribution in [2.75, 3.05) is 6.54 Å². The molecule has 2 rings (SSSR count). The molecule has 0 atom stereocenters. The first-order valence-electron chi connectivity index (χ1n) is 4.17. The van der Waals surface area contributed by atoms with Crippen LogP contribution in [0.3, 0.4) is 0 Å². The highest BCUT2D eigenvalue weighted by Gasteiger charge is 2.04. The lowest BCUT2D eigenvalue weighted by Crippen LogP contribution is -2.04. The molecular formula is C10H10FNS. The van der Waals surface area contributed by atoms with Gasteiger partial charge < -0.3 is 5.73 Å². The monoisotopic (exact) mass is 195 g/mol. The lowest BCUT2D eigenvalue weighted by molar-refractivity contribution is 0.612. The maximum Gasteiger partial charge on any atom is 0.127 e. The zero-order valence-electron chi connectivity index (χ0n) is 7.09. The summed E-state index contributed by atoms with van der Waals surface area (Å²) in [6.45, 7) is 0.493. The highest BCUT2D eigenvalue weighted by Crippen LogP contribution is 2.24. The fraction of sp³-hybridized carbons (Fsp3) is 0.200. The summed E-state index contributed by atoms with van der Waals surface area (Å²) in [6.07, 6.45) is 0.609. The van der Waals surface area contributed by atoms with Gasteiger partial charge in [0.15, 0.2) is 0 Å². The Bertz CT molecular complexity index is 422. The van der Waals surface area contributed by atoms with Crippen LogP contribution >= 0.6 is 11.3 Å². The van der Waals surface area contributed by atoms with Crippen LogP contribution < -0.4 is 5.73 Å². The number of benzene rings is 1. The summed E-state index contributed by atoms with van der Waals surface area (Å²) in [5, 5.41) is 3.07. The van der Waals surface area contributed by atoms with Gasteiger partial charge in [-0.1, -0.05) is 0 Å².